The van der Waals surface area contributed by atoms with Crippen molar-refractivity contribution in [3.8, 4) is 11.3 Å². The van der Waals surface area contributed by atoms with Crippen LogP contribution in [0.5, 0.6) is 0 Å². The Hall–Kier alpha value is -4.10. The molecule has 4 aromatic rings. The number of rotatable bonds is 6. The standard InChI is InChI=1S/C29H30N6O/c1-20-5-6-23(18-27(20)34-29-31-15-11-26(33-29)24-4-3-14-30-19-24)28(36)32-25-9-7-21(8-10-25)22-12-16-35(2)17-13-22/h3-11,14-15,18-19,22H,12-13,16-17H2,1-2H3,(H,32,36)(H,31,33,34). The van der Waals surface area contributed by atoms with E-state index in [-0.39, 0.29) is 5.91 Å². The Morgan fingerprint density at radius 1 is 1.00 bits per heavy atom. The van der Waals surface area contributed by atoms with Crippen LogP contribution in [0.3, 0.4) is 0 Å². The normalized spacial score (nSPS) is 14.4. The van der Waals surface area contributed by atoms with Crippen LogP contribution in [0.4, 0.5) is 17.3 Å². The van der Waals surface area contributed by atoms with Gasteiger partial charge in [0.15, 0.2) is 0 Å². The smallest absolute Gasteiger partial charge is 0.255 e. The number of aryl methyl sites for hydroxylation is 1. The minimum absolute atomic E-state index is 0.157. The Bertz CT molecular complexity index is 1330. The highest BCUT2D eigenvalue weighted by atomic mass is 16.1. The van der Waals surface area contributed by atoms with Crippen molar-refractivity contribution in [1.29, 1.82) is 0 Å². The van der Waals surface area contributed by atoms with E-state index in [1.165, 1.54) is 18.4 Å². The number of anilines is 3. The molecule has 2 aromatic heterocycles. The highest BCUT2D eigenvalue weighted by Crippen LogP contribution is 2.28. The summed E-state index contributed by atoms with van der Waals surface area (Å²) in [6, 6.07) is 19.5. The van der Waals surface area contributed by atoms with Gasteiger partial charge in [-0.2, -0.15) is 0 Å². The Kier molecular flexibility index (Phi) is 7.00. The van der Waals surface area contributed by atoms with E-state index in [4.69, 9.17) is 0 Å². The fraction of sp³-hybridized carbons (Fsp3) is 0.241. The molecule has 0 radical (unpaired) electrons. The monoisotopic (exact) mass is 478 g/mol. The van der Waals surface area contributed by atoms with Crippen molar-refractivity contribution in [2.24, 2.45) is 0 Å². The SMILES string of the molecule is Cc1ccc(C(=O)Nc2ccc(C3CCN(C)CC3)cc2)cc1Nc1nccc(-c2cccnc2)n1. The number of pyridine rings is 1. The van der Waals surface area contributed by atoms with Crippen LogP contribution >= 0.6 is 0 Å². The topological polar surface area (TPSA) is 83.0 Å². The predicted octanol–water partition coefficient (Wildman–Crippen LogP) is 5.65. The van der Waals surface area contributed by atoms with Crippen molar-refractivity contribution in [2.75, 3.05) is 30.8 Å². The van der Waals surface area contributed by atoms with Gasteiger partial charge >= 0.3 is 0 Å². The second-order valence-electron chi connectivity index (χ2n) is 9.32. The van der Waals surface area contributed by atoms with Gasteiger partial charge < -0.3 is 15.5 Å². The fourth-order valence-corrected chi connectivity index (χ4v) is 4.50. The molecule has 0 aliphatic carbocycles. The van der Waals surface area contributed by atoms with Crippen LogP contribution in [-0.2, 0) is 0 Å². The summed E-state index contributed by atoms with van der Waals surface area (Å²) in [4.78, 5) is 28.5. The van der Waals surface area contributed by atoms with Gasteiger partial charge in [0.05, 0.1) is 5.69 Å². The zero-order chi connectivity index (χ0) is 24.9. The Balaban J connectivity index is 1.27. The summed E-state index contributed by atoms with van der Waals surface area (Å²) in [6.45, 7) is 4.24. The maximum absolute atomic E-state index is 13.0. The fourth-order valence-electron chi connectivity index (χ4n) is 4.50. The van der Waals surface area contributed by atoms with E-state index < -0.39 is 0 Å². The van der Waals surface area contributed by atoms with Crippen molar-refractivity contribution in [1.82, 2.24) is 19.9 Å². The second-order valence-corrected chi connectivity index (χ2v) is 9.32. The van der Waals surface area contributed by atoms with Gasteiger partial charge in [0.1, 0.15) is 0 Å². The zero-order valence-electron chi connectivity index (χ0n) is 20.6. The van der Waals surface area contributed by atoms with Gasteiger partial charge in [-0.15, -0.1) is 0 Å². The Morgan fingerprint density at radius 3 is 2.56 bits per heavy atom. The molecule has 0 spiro atoms. The number of piperidine rings is 1. The number of hydrogen-bond acceptors (Lipinski definition) is 6. The van der Waals surface area contributed by atoms with Crippen LogP contribution in [-0.4, -0.2) is 45.9 Å². The first-order valence-corrected chi connectivity index (χ1v) is 12.3. The quantitative estimate of drug-likeness (QED) is 0.373. The number of hydrogen-bond donors (Lipinski definition) is 2. The molecule has 7 heteroatoms. The van der Waals surface area contributed by atoms with Gasteiger partial charge in [0.25, 0.3) is 5.91 Å². The molecule has 2 N–H and O–H groups in total. The first-order valence-electron chi connectivity index (χ1n) is 12.3. The number of aromatic nitrogens is 3. The summed E-state index contributed by atoms with van der Waals surface area (Å²) >= 11 is 0. The van der Waals surface area contributed by atoms with Gasteiger partial charge in [-0.3, -0.25) is 9.78 Å². The van der Waals surface area contributed by atoms with Gasteiger partial charge in [-0.1, -0.05) is 18.2 Å². The highest BCUT2D eigenvalue weighted by molar-refractivity contribution is 6.05. The number of nitrogens with zero attached hydrogens (tertiary/aromatic N) is 4. The largest absolute Gasteiger partial charge is 0.324 e. The first kappa shape index (κ1) is 23.6. The summed E-state index contributed by atoms with van der Waals surface area (Å²) in [5.41, 5.74) is 6.15. The van der Waals surface area contributed by atoms with Crippen LogP contribution < -0.4 is 10.6 Å². The summed E-state index contributed by atoms with van der Waals surface area (Å²) in [7, 11) is 2.17. The number of carbonyl (C=O) groups is 1. The molecule has 1 saturated heterocycles. The van der Waals surface area contributed by atoms with Crippen LogP contribution in [0.1, 0.15) is 40.2 Å². The van der Waals surface area contributed by atoms with Crippen molar-refractivity contribution in [3.63, 3.8) is 0 Å². The summed E-state index contributed by atoms with van der Waals surface area (Å²) in [5.74, 6) is 0.896. The molecule has 1 fully saturated rings. The second kappa shape index (κ2) is 10.7. The van der Waals surface area contributed by atoms with Crippen LogP contribution in [0.15, 0.2) is 79.3 Å². The van der Waals surface area contributed by atoms with Gasteiger partial charge in [-0.25, -0.2) is 9.97 Å². The third kappa shape index (κ3) is 5.58. The maximum atomic E-state index is 13.0. The Labute approximate surface area is 211 Å². The van der Waals surface area contributed by atoms with E-state index in [1.807, 2.05) is 55.5 Å². The van der Waals surface area contributed by atoms with Crippen molar-refractivity contribution >= 4 is 23.2 Å². The number of nitrogens with one attached hydrogen (secondary N) is 2. The molecule has 1 aliphatic rings. The molecule has 3 heterocycles. The molecule has 1 amide bonds. The van der Waals surface area contributed by atoms with E-state index in [0.717, 1.165) is 41.3 Å². The molecule has 182 valence electrons. The molecular weight excluding hydrogens is 448 g/mol. The molecule has 0 atom stereocenters. The van der Waals surface area contributed by atoms with E-state index in [0.29, 0.717) is 17.4 Å². The van der Waals surface area contributed by atoms with Crippen LogP contribution in [0.2, 0.25) is 0 Å². The summed E-state index contributed by atoms with van der Waals surface area (Å²) < 4.78 is 0. The molecule has 1 aliphatic heterocycles. The molecular formula is C29H30N6O. The van der Waals surface area contributed by atoms with Gasteiger partial charge in [-0.05, 0) is 99.4 Å². The molecule has 2 aromatic carbocycles. The summed E-state index contributed by atoms with van der Waals surface area (Å²) in [6.07, 6.45) is 7.56. The summed E-state index contributed by atoms with van der Waals surface area (Å²) in [5, 5.41) is 6.29. The number of amides is 1. The lowest BCUT2D eigenvalue weighted by Crippen LogP contribution is -2.29. The predicted molar refractivity (Wildman–Crippen MR) is 144 cm³/mol. The minimum atomic E-state index is -0.157. The van der Waals surface area contributed by atoms with E-state index in [1.54, 1.807) is 18.6 Å². The van der Waals surface area contributed by atoms with Crippen LogP contribution in [0.25, 0.3) is 11.3 Å². The molecule has 5 rings (SSSR count). The average molecular weight is 479 g/mol. The average Bonchev–Trinajstić information content (AvgIpc) is 2.91. The number of benzene rings is 2. The van der Waals surface area contributed by atoms with E-state index in [2.05, 4.69) is 49.7 Å². The maximum Gasteiger partial charge on any atom is 0.255 e. The third-order valence-electron chi connectivity index (χ3n) is 6.72. The molecule has 0 bridgehead atoms. The van der Waals surface area contributed by atoms with Gasteiger partial charge in [0.2, 0.25) is 5.95 Å². The van der Waals surface area contributed by atoms with Gasteiger partial charge in [0, 0.05) is 41.1 Å². The lowest BCUT2D eigenvalue weighted by molar-refractivity contribution is 0.102. The third-order valence-corrected chi connectivity index (χ3v) is 6.72. The molecule has 7 nitrogen and oxygen atoms in total. The number of likely N-dealkylation sites (tertiary alicyclic amines) is 1. The Morgan fingerprint density at radius 2 is 1.81 bits per heavy atom. The van der Waals surface area contributed by atoms with Crippen molar-refractivity contribution < 1.29 is 4.79 Å². The van der Waals surface area contributed by atoms with E-state index in [9.17, 15) is 4.79 Å². The van der Waals surface area contributed by atoms with Crippen molar-refractivity contribution in [2.45, 2.75) is 25.7 Å². The number of carbonyl (C=O) groups excluding carboxylic acids is 1. The van der Waals surface area contributed by atoms with E-state index >= 15 is 0 Å². The lowest BCUT2D eigenvalue weighted by Gasteiger charge is -2.29. The van der Waals surface area contributed by atoms with Crippen molar-refractivity contribution in [3.05, 3.63) is 95.9 Å². The highest BCUT2D eigenvalue weighted by Gasteiger charge is 2.18. The zero-order valence-corrected chi connectivity index (χ0v) is 20.6. The molecule has 0 unspecified atom stereocenters. The lowest BCUT2D eigenvalue weighted by atomic mass is 9.89. The molecule has 36 heavy (non-hydrogen) atoms. The first-order chi connectivity index (χ1) is 17.5. The minimum Gasteiger partial charge on any atom is -0.324 e. The van der Waals surface area contributed by atoms with Crippen LogP contribution in [0, 0.1) is 6.92 Å². The molecule has 0 saturated carbocycles.